The van der Waals surface area contributed by atoms with Crippen molar-refractivity contribution in [3.63, 3.8) is 0 Å². The number of benzene rings is 1. The molecule has 0 saturated carbocycles. The van der Waals surface area contributed by atoms with E-state index in [1.54, 1.807) is 30.4 Å². The summed E-state index contributed by atoms with van der Waals surface area (Å²) in [5.41, 5.74) is 1.83. The Morgan fingerprint density at radius 1 is 1.00 bits per heavy atom. The molecule has 1 aliphatic rings. The highest BCUT2D eigenvalue weighted by atomic mass is 35.5. The van der Waals surface area contributed by atoms with E-state index in [4.69, 9.17) is 4.98 Å². The highest BCUT2D eigenvalue weighted by Gasteiger charge is 2.20. The molecule has 1 aliphatic heterocycles. The van der Waals surface area contributed by atoms with Gasteiger partial charge in [0, 0.05) is 31.7 Å². The van der Waals surface area contributed by atoms with Gasteiger partial charge in [-0.25, -0.2) is 13.4 Å². The predicted molar refractivity (Wildman–Crippen MR) is 132 cm³/mol. The van der Waals surface area contributed by atoms with Crippen molar-refractivity contribution in [2.45, 2.75) is 18.7 Å². The Kier molecular flexibility index (Phi) is 8.53. The van der Waals surface area contributed by atoms with Crippen molar-refractivity contribution in [2.75, 3.05) is 43.4 Å². The van der Waals surface area contributed by atoms with Crippen LogP contribution in [0.5, 0.6) is 0 Å². The molecule has 5 nitrogen and oxygen atoms in total. The molecule has 1 aromatic carbocycles. The predicted octanol–water partition coefficient (Wildman–Crippen LogP) is 4.74. The lowest BCUT2D eigenvalue weighted by molar-refractivity contribution is 0.271. The molecule has 0 bridgehead atoms. The molecule has 4 rings (SSSR count). The second-order valence-electron chi connectivity index (χ2n) is 7.02. The summed E-state index contributed by atoms with van der Waals surface area (Å²) in [6, 6.07) is 11.3. The first-order valence-electron chi connectivity index (χ1n) is 9.70. The van der Waals surface area contributed by atoms with Crippen molar-refractivity contribution >= 4 is 61.9 Å². The minimum atomic E-state index is -3.19. The third-order valence-corrected chi connectivity index (χ3v) is 8.10. The lowest BCUT2D eigenvalue weighted by Gasteiger charge is -2.35. The Morgan fingerprint density at radius 2 is 1.67 bits per heavy atom. The van der Waals surface area contributed by atoms with Crippen LogP contribution in [0.15, 0.2) is 46.7 Å². The van der Waals surface area contributed by atoms with E-state index >= 15 is 0 Å². The van der Waals surface area contributed by atoms with Crippen LogP contribution in [0.4, 0.5) is 5.82 Å². The Labute approximate surface area is 194 Å². The van der Waals surface area contributed by atoms with E-state index < -0.39 is 9.84 Å². The van der Waals surface area contributed by atoms with Crippen LogP contribution in [-0.2, 0) is 9.84 Å². The van der Waals surface area contributed by atoms with Gasteiger partial charge in [0.25, 0.3) is 0 Å². The van der Waals surface area contributed by atoms with Gasteiger partial charge in [-0.3, -0.25) is 0 Å². The van der Waals surface area contributed by atoms with Crippen LogP contribution in [-0.4, -0.2) is 56.8 Å². The van der Waals surface area contributed by atoms with E-state index in [2.05, 4.69) is 34.2 Å². The lowest BCUT2D eigenvalue weighted by atomic mass is 10.1. The first kappa shape index (κ1) is 24.9. The van der Waals surface area contributed by atoms with Crippen LogP contribution in [0, 0.1) is 0 Å². The number of nitrogens with zero attached hydrogens (tertiary/aromatic N) is 3. The maximum absolute atomic E-state index is 12.1. The molecule has 2 aromatic heterocycles. The molecule has 164 valence electrons. The van der Waals surface area contributed by atoms with Gasteiger partial charge in [0.2, 0.25) is 0 Å². The summed E-state index contributed by atoms with van der Waals surface area (Å²) in [5, 5.41) is 3.30. The number of likely N-dealkylation sites (N-methyl/N-ethyl adjacent to an activating group) is 1. The van der Waals surface area contributed by atoms with Crippen molar-refractivity contribution in [1.82, 2.24) is 9.88 Å². The van der Waals surface area contributed by atoms with Crippen molar-refractivity contribution < 1.29 is 8.42 Å². The molecule has 0 spiro atoms. The van der Waals surface area contributed by atoms with Crippen LogP contribution >= 0.6 is 36.2 Å². The molecular formula is C21H27Cl2N3O2S2. The van der Waals surface area contributed by atoms with Crippen molar-refractivity contribution in [2.24, 2.45) is 0 Å². The summed E-state index contributed by atoms with van der Waals surface area (Å²) in [5.74, 6) is 1.16. The molecule has 3 aromatic rings. The largest absolute Gasteiger partial charge is 0.353 e. The average Bonchev–Trinajstić information content (AvgIpc) is 3.22. The summed E-state index contributed by atoms with van der Waals surface area (Å²) >= 11 is 1.73. The number of sulfone groups is 1. The number of fused-ring (bicyclic) bond motifs is 1. The first-order valence-corrected chi connectivity index (χ1v) is 12.2. The van der Waals surface area contributed by atoms with E-state index in [-0.39, 0.29) is 30.6 Å². The van der Waals surface area contributed by atoms with Gasteiger partial charge in [0.15, 0.2) is 9.84 Å². The normalized spacial score (nSPS) is 14.9. The van der Waals surface area contributed by atoms with E-state index in [1.165, 1.54) is 10.1 Å². The zero-order valence-corrected chi connectivity index (χ0v) is 20.3. The fraction of sp³-hybridized carbons (Fsp3) is 0.381. The number of aromatic nitrogens is 1. The number of pyridine rings is 1. The van der Waals surface area contributed by atoms with Crippen molar-refractivity contribution in [1.29, 1.82) is 0 Å². The molecule has 0 aliphatic carbocycles. The van der Waals surface area contributed by atoms with Gasteiger partial charge in [-0.05, 0) is 41.6 Å². The number of rotatable bonds is 5. The second-order valence-corrected chi connectivity index (χ2v) is 10.2. The number of hydrogen-bond donors (Lipinski definition) is 0. The third kappa shape index (κ3) is 4.92. The summed E-state index contributed by atoms with van der Waals surface area (Å²) < 4.78 is 25.4. The monoisotopic (exact) mass is 487 g/mol. The highest BCUT2D eigenvalue weighted by Crippen LogP contribution is 2.34. The Morgan fingerprint density at radius 3 is 2.27 bits per heavy atom. The molecule has 0 atom stereocenters. The quantitative estimate of drug-likeness (QED) is 0.519. The van der Waals surface area contributed by atoms with Crippen molar-refractivity contribution in [3.05, 3.63) is 41.8 Å². The van der Waals surface area contributed by atoms with Crippen LogP contribution in [0.1, 0.15) is 13.8 Å². The Hall–Kier alpha value is -1.38. The van der Waals surface area contributed by atoms with Crippen LogP contribution in [0.3, 0.4) is 0 Å². The number of thiophene rings is 1. The Bertz CT molecular complexity index is 1080. The molecule has 0 unspecified atom stereocenters. The number of piperazine rings is 1. The molecule has 30 heavy (non-hydrogen) atoms. The summed E-state index contributed by atoms with van der Waals surface area (Å²) in [4.78, 5) is 10.2. The van der Waals surface area contributed by atoms with Gasteiger partial charge in [-0.2, -0.15) is 0 Å². The molecule has 0 N–H and O–H groups in total. The minimum Gasteiger partial charge on any atom is -0.353 e. The summed E-state index contributed by atoms with van der Waals surface area (Å²) in [6.45, 7) is 9.02. The lowest BCUT2D eigenvalue weighted by Crippen LogP contribution is -2.46. The molecule has 0 radical (unpaired) electrons. The van der Waals surface area contributed by atoms with Gasteiger partial charge in [0.1, 0.15) is 5.82 Å². The highest BCUT2D eigenvalue weighted by molar-refractivity contribution is 7.91. The topological polar surface area (TPSA) is 53.5 Å². The number of anilines is 1. The van der Waals surface area contributed by atoms with Gasteiger partial charge < -0.3 is 9.80 Å². The van der Waals surface area contributed by atoms with Crippen LogP contribution in [0.2, 0.25) is 0 Å². The molecule has 9 heteroatoms. The summed E-state index contributed by atoms with van der Waals surface area (Å²) in [7, 11) is -3.19. The molecule has 0 amide bonds. The smallest absolute Gasteiger partial charge is 0.178 e. The average molecular weight is 489 g/mol. The van der Waals surface area contributed by atoms with E-state index in [9.17, 15) is 8.42 Å². The number of hydrogen-bond acceptors (Lipinski definition) is 6. The van der Waals surface area contributed by atoms with E-state index in [0.717, 1.165) is 49.8 Å². The zero-order valence-electron chi connectivity index (χ0n) is 17.1. The van der Waals surface area contributed by atoms with Crippen molar-refractivity contribution in [3.8, 4) is 11.3 Å². The van der Waals surface area contributed by atoms with E-state index in [1.807, 2.05) is 12.1 Å². The van der Waals surface area contributed by atoms with Gasteiger partial charge >= 0.3 is 0 Å². The molecule has 1 fully saturated rings. The maximum Gasteiger partial charge on any atom is 0.178 e. The fourth-order valence-electron chi connectivity index (χ4n) is 3.60. The summed E-state index contributed by atoms with van der Waals surface area (Å²) in [6.07, 6.45) is 0. The van der Waals surface area contributed by atoms with E-state index in [0.29, 0.717) is 4.90 Å². The maximum atomic E-state index is 12.1. The zero-order chi connectivity index (χ0) is 19.7. The molecular weight excluding hydrogens is 461 g/mol. The molecule has 1 saturated heterocycles. The minimum absolute atomic E-state index is 0. The molecule has 3 heterocycles. The standard InChI is InChI=1S/C21H25N3O2S2.2ClH/c1-3-23-10-12-24(13-11-23)21-20-17(9-14-27-20)15-19(22-21)16-5-7-18(8-6-16)28(25,26)4-2;;/h5-9,14-15H,3-4,10-13H2,1-2H3;2*1H. The SMILES string of the molecule is CCN1CCN(c2nc(-c3ccc(S(=O)(=O)CC)cc3)cc3ccsc23)CC1.Cl.Cl. The van der Waals surface area contributed by atoms with Gasteiger partial charge in [-0.1, -0.05) is 26.0 Å². The van der Waals surface area contributed by atoms with Crippen LogP contribution < -0.4 is 4.90 Å². The fourth-order valence-corrected chi connectivity index (χ4v) is 5.37. The Balaban J connectivity index is 0.00000160. The van der Waals surface area contributed by atoms with Gasteiger partial charge in [-0.15, -0.1) is 36.2 Å². The first-order chi connectivity index (χ1) is 13.5. The van der Waals surface area contributed by atoms with Crippen LogP contribution in [0.25, 0.3) is 21.3 Å². The third-order valence-electron chi connectivity index (χ3n) is 5.43. The second kappa shape index (κ2) is 10.3. The van der Waals surface area contributed by atoms with Gasteiger partial charge in [0.05, 0.1) is 21.0 Å². The number of halogens is 2.